The largest absolute Gasteiger partial charge is 0.313 e. The molecule has 1 aliphatic rings. The van der Waals surface area contributed by atoms with E-state index in [2.05, 4.69) is 31.8 Å². The van der Waals surface area contributed by atoms with Gasteiger partial charge in [0.1, 0.15) is 0 Å². The molecule has 0 aromatic carbocycles. The van der Waals surface area contributed by atoms with Crippen LogP contribution in [-0.2, 0) is 0 Å². The van der Waals surface area contributed by atoms with Crippen LogP contribution in [0.2, 0.25) is 0 Å². The van der Waals surface area contributed by atoms with E-state index in [9.17, 15) is 0 Å². The fraction of sp³-hybridized carbons (Fsp3) is 0.818. The molecular formula is C11H21N. The summed E-state index contributed by atoms with van der Waals surface area (Å²) in [5.74, 6) is 0. The molecular weight excluding hydrogens is 146 g/mol. The van der Waals surface area contributed by atoms with E-state index < -0.39 is 0 Å². The second-order valence-electron chi connectivity index (χ2n) is 4.26. The lowest BCUT2D eigenvalue weighted by atomic mass is 9.86. The summed E-state index contributed by atoms with van der Waals surface area (Å²) in [6.45, 7) is 9.54. The number of hydrogen-bond acceptors (Lipinski definition) is 1. The normalized spacial score (nSPS) is 21.8. The quantitative estimate of drug-likeness (QED) is 0.600. The van der Waals surface area contributed by atoms with Crippen molar-refractivity contribution in [1.29, 1.82) is 0 Å². The highest BCUT2D eigenvalue weighted by atomic mass is 15.0. The van der Waals surface area contributed by atoms with Gasteiger partial charge in [-0.15, -0.1) is 6.58 Å². The average molecular weight is 167 g/mol. The molecule has 1 atom stereocenters. The molecule has 0 saturated heterocycles. The maximum absolute atomic E-state index is 3.91. The number of rotatable bonds is 6. The minimum absolute atomic E-state index is 0.317. The highest BCUT2D eigenvalue weighted by Crippen LogP contribution is 2.26. The van der Waals surface area contributed by atoms with E-state index in [1.54, 1.807) is 0 Å². The molecule has 1 fully saturated rings. The molecule has 1 saturated carbocycles. The summed E-state index contributed by atoms with van der Waals surface area (Å²) >= 11 is 0. The van der Waals surface area contributed by atoms with Crippen molar-refractivity contribution >= 4 is 0 Å². The molecule has 0 aromatic heterocycles. The molecule has 0 aromatic rings. The van der Waals surface area contributed by atoms with Crippen LogP contribution in [-0.4, -0.2) is 12.6 Å². The minimum atomic E-state index is 0.317. The average Bonchev–Trinajstić information content (AvgIpc) is 2.85. The Bertz CT molecular complexity index is 149. The lowest BCUT2D eigenvalue weighted by Crippen LogP contribution is -2.31. The molecule has 0 radical (unpaired) electrons. The van der Waals surface area contributed by atoms with Crippen LogP contribution in [0.15, 0.2) is 12.7 Å². The van der Waals surface area contributed by atoms with Crippen LogP contribution < -0.4 is 5.32 Å². The molecule has 1 N–H and O–H groups in total. The van der Waals surface area contributed by atoms with Crippen molar-refractivity contribution in [3.63, 3.8) is 0 Å². The van der Waals surface area contributed by atoms with E-state index in [4.69, 9.17) is 0 Å². The molecule has 0 amide bonds. The van der Waals surface area contributed by atoms with E-state index in [-0.39, 0.29) is 0 Å². The fourth-order valence-corrected chi connectivity index (χ4v) is 1.50. The summed E-state index contributed by atoms with van der Waals surface area (Å²) in [4.78, 5) is 0. The lowest BCUT2D eigenvalue weighted by Gasteiger charge is -2.25. The van der Waals surface area contributed by atoms with Crippen molar-refractivity contribution in [1.82, 2.24) is 5.32 Å². The van der Waals surface area contributed by atoms with Crippen molar-refractivity contribution < 1.29 is 0 Å². The maximum atomic E-state index is 3.91. The molecule has 70 valence electrons. The van der Waals surface area contributed by atoms with Gasteiger partial charge in [0.2, 0.25) is 0 Å². The van der Waals surface area contributed by atoms with Gasteiger partial charge in [0.25, 0.3) is 0 Å². The third kappa shape index (κ3) is 2.98. The zero-order valence-electron chi connectivity index (χ0n) is 8.40. The molecule has 1 unspecified atom stereocenters. The first-order valence-corrected chi connectivity index (χ1v) is 5.07. The topological polar surface area (TPSA) is 12.0 Å². The van der Waals surface area contributed by atoms with Gasteiger partial charge in [-0.3, -0.25) is 0 Å². The standard InChI is InChI=1S/C11H21N/c1-4-8-11(3,5-2)9-12-10-6-7-10/h5,10,12H,2,4,6-9H2,1,3H3. The fourth-order valence-electron chi connectivity index (χ4n) is 1.50. The van der Waals surface area contributed by atoms with Crippen LogP contribution in [0.1, 0.15) is 39.5 Å². The minimum Gasteiger partial charge on any atom is -0.313 e. The molecule has 0 heterocycles. The summed E-state index contributed by atoms with van der Waals surface area (Å²) in [6.07, 6.45) is 7.34. The van der Waals surface area contributed by atoms with Crippen LogP contribution in [0, 0.1) is 5.41 Å². The highest BCUT2D eigenvalue weighted by Gasteiger charge is 2.25. The Labute approximate surface area is 76.2 Å². The second-order valence-corrected chi connectivity index (χ2v) is 4.26. The van der Waals surface area contributed by atoms with Gasteiger partial charge in [0.05, 0.1) is 0 Å². The Kier molecular flexibility index (Phi) is 3.33. The van der Waals surface area contributed by atoms with Gasteiger partial charge < -0.3 is 5.32 Å². The number of nitrogens with one attached hydrogen (secondary N) is 1. The Balaban J connectivity index is 2.25. The first-order valence-electron chi connectivity index (χ1n) is 5.07. The molecule has 0 aliphatic heterocycles. The summed E-state index contributed by atoms with van der Waals surface area (Å²) in [6, 6.07) is 0.820. The molecule has 12 heavy (non-hydrogen) atoms. The second kappa shape index (κ2) is 4.08. The van der Waals surface area contributed by atoms with Gasteiger partial charge in [0, 0.05) is 12.6 Å². The third-order valence-electron chi connectivity index (χ3n) is 2.69. The van der Waals surface area contributed by atoms with Crippen LogP contribution in [0.3, 0.4) is 0 Å². The zero-order valence-corrected chi connectivity index (χ0v) is 8.40. The Hall–Kier alpha value is -0.300. The van der Waals surface area contributed by atoms with E-state index in [1.165, 1.54) is 25.7 Å². The predicted molar refractivity (Wildman–Crippen MR) is 54.2 cm³/mol. The lowest BCUT2D eigenvalue weighted by molar-refractivity contribution is 0.359. The molecule has 1 nitrogen and oxygen atoms in total. The van der Waals surface area contributed by atoms with Crippen molar-refractivity contribution in [2.45, 2.75) is 45.6 Å². The van der Waals surface area contributed by atoms with Crippen molar-refractivity contribution in [2.24, 2.45) is 5.41 Å². The molecule has 0 bridgehead atoms. The van der Waals surface area contributed by atoms with Crippen molar-refractivity contribution in [3.8, 4) is 0 Å². The van der Waals surface area contributed by atoms with E-state index >= 15 is 0 Å². The maximum Gasteiger partial charge on any atom is 0.00685 e. The summed E-state index contributed by atoms with van der Waals surface area (Å²) in [7, 11) is 0. The summed E-state index contributed by atoms with van der Waals surface area (Å²) < 4.78 is 0. The van der Waals surface area contributed by atoms with Crippen molar-refractivity contribution in [2.75, 3.05) is 6.54 Å². The van der Waals surface area contributed by atoms with E-state index in [0.717, 1.165) is 12.6 Å². The monoisotopic (exact) mass is 167 g/mol. The van der Waals surface area contributed by atoms with E-state index in [1.807, 2.05) is 0 Å². The van der Waals surface area contributed by atoms with Gasteiger partial charge in [-0.05, 0) is 24.7 Å². The molecule has 1 rings (SSSR count). The summed E-state index contributed by atoms with van der Waals surface area (Å²) in [5.41, 5.74) is 0.317. The molecule has 1 aliphatic carbocycles. The Morgan fingerprint density at radius 2 is 2.25 bits per heavy atom. The third-order valence-corrected chi connectivity index (χ3v) is 2.69. The van der Waals surface area contributed by atoms with Crippen molar-refractivity contribution in [3.05, 3.63) is 12.7 Å². The zero-order chi connectivity index (χ0) is 9.03. The van der Waals surface area contributed by atoms with Crippen LogP contribution in [0.25, 0.3) is 0 Å². The van der Waals surface area contributed by atoms with E-state index in [0.29, 0.717) is 5.41 Å². The van der Waals surface area contributed by atoms with Gasteiger partial charge in [-0.1, -0.05) is 26.3 Å². The van der Waals surface area contributed by atoms with Crippen LogP contribution >= 0.6 is 0 Å². The van der Waals surface area contributed by atoms with Gasteiger partial charge >= 0.3 is 0 Å². The van der Waals surface area contributed by atoms with Gasteiger partial charge in [-0.2, -0.15) is 0 Å². The van der Waals surface area contributed by atoms with Gasteiger partial charge in [-0.25, -0.2) is 0 Å². The Morgan fingerprint density at radius 3 is 2.67 bits per heavy atom. The Morgan fingerprint density at radius 1 is 1.58 bits per heavy atom. The van der Waals surface area contributed by atoms with Crippen LogP contribution in [0.4, 0.5) is 0 Å². The molecule has 0 spiro atoms. The first kappa shape index (κ1) is 9.79. The first-order chi connectivity index (χ1) is 5.70. The molecule has 1 heteroatoms. The predicted octanol–water partition coefficient (Wildman–Crippen LogP) is 2.73. The smallest absolute Gasteiger partial charge is 0.00685 e. The SMILES string of the molecule is C=CC(C)(CCC)CNC1CC1. The van der Waals surface area contributed by atoms with Gasteiger partial charge in [0.15, 0.2) is 0 Å². The number of hydrogen-bond donors (Lipinski definition) is 1. The van der Waals surface area contributed by atoms with Crippen LogP contribution in [0.5, 0.6) is 0 Å². The summed E-state index contributed by atoms with van der Waals surface area (Å²) in [5, 5.41) is 3.56. The highest BCUT2D eigenvalue weighted by molar-refractivity contribution is 4.95.